The molecule has 0 aromatic heterocycles. The van der Waals surface area contributed by atoms with Crippen molar-refractivity contribution in [2.45, 2.75) is 19.4 Å². The van der Waals surface area contributed by atoms with E-state index in [2.05, 4.69) is 54.7 Å². The van der Waals surface area contributed by atoms with Gasteiger partial charge in [-0.3, -0.25) is 0 Å². The van der Waals surface area contributed by atoms with Crippen molar-refractivity contribution in [3.05, 3.63) is 48.0 Å². The Hall–Kier alpha value is -1.05. The van der Waals surface area contributed by atoms with Gasteiger partial charge in [-0.15, -0.1) is 12.4 Å². The molecule has 2 aromatic carbocycles. The maximum absolute atomic E-state index is 3.26. The second-order valence-electron chi connectivity index (χ2n) is 4.08. The first-order valence-electron chi connectivity index (χ1n) is 5.44. The van der Waals surface area contributed by atoms with Crippen molar-refractivity contribution >= 4 is 23.2 Å². The summed E-state index contributed by atoms with van der Waals surface area (Å²) in [5.74, 6) is 0. The SMILES string of the molecule is CNC(C)Cc1ccc2ccccc2c1.Cl. The average Bonchev–Trinajstić information content (AvgIpc) is 2.29. The Morgan fingerprint density at radius 1 is 1.06 bits per heavy atom. The van der Waals surface area contributed by atoms with Crippen LogP contribution in [0.15, 0.2) is 42.5 Å². The number of hydrogen-bond donors (Lipinski definition) is 1. The van der Waals surface area contributed by atoms with Crippen LogP contribution in [0.2, 0.25) is 0 Å². The van der Waals surface area contributed by atoms with Crippen molar-refractivity contribution in [1.29, 1.82) is 0 Å². The van der Waals surface area contributed by atoms with Crippen molar-refractivity contribution in [2.24, 2.45) is 0 Å². The Labute approximate surface area is 103 Å². The minimum atomic E-state index is 0. The minimum Gasteiger partial charge on any atom is -0.317 e. The quantitative estimate of drug-likeness (QED) is 0.860. The molecule has 0 heterocycles. The number of halogens is 1. The molecule has 0 spiro atoms. The maximum atomic E-state index is 3.26. The van der Waals surface area contributed by atoms with Crippen LogP contribution in [-0.4, -0.2) is 13.1 Å². The standard InChI is InChI=1S/C14H17N.ClH/c1-11(15-2)9-12-7-8-13-5-3-4-6-14(13)10-12;/h3-8,10-11,15H,9H2,1-2H3;1H. The molecule has 0 saturated carbocycles. The summed E-state index contributed by atoms with van der Waals surface area (Å²) in [5.41, 5.74) is 1.40. The molecule has 0 aliphatic rings. The van der Waals surface area contributed by atoms with Gasteiger partial charge in [0.1, 0.15) is 0 Å². The molecule has 0 aliphatic carbocycles. The fourth-order valence-electron chi connectivity index (χ4n) is 1.82. The number of nitrogens with one attached hydrogen (secondary N) is 1. The largest absolute Gasteiger partial charge is 0.317 e. The average molecular weight is 236 g/mol. The molecular weight excluding hydrogens is 218 g/mol. The lowest BCUT2D eigenvalue weighted by Crippen LogP contribution is -2.23. The number of rotatable bonds is 3. The molecule has 1 N–H and O–H groups in total. The highest BCUT2D eigenvalue weighted by molar-refractivity contribution is 5.85. The number of likely N-dealkylation sites (N-methyl/N-ethyl adjacent to an activating group) is 1. The van der Waals surface area contributed by atoms with E-state index in [0.29, 0.717) is 6.04 Å². The molecule has 86 valence electrons. The lowest BCUT2D eigenvalue weighted by molar-refractivity contribution is 0.609. The van der Waals surface area contributed by atoms with E-state index in [-0.39, 0.29) is 12.4 Å². The third-order valence-corrected chi connectivity index (χ3v) is 2.85. The lowest BCUT2D eigenvalue weighted by Gasteiger charge is -2.10. The van der Waals surface area contributed by atoms with Gasteiger partial charge in [-0.2, -0.15) is 0 Å². The summed E-state index contributed by atoms with van der Waals surface area (Å²) in [6.45, 7) is 2.20. The summed E-state index contributed by atoms with van der Waals surface area (Å²) in [4.78, 5) is 0. The van der Waals surface area contributed by atoms with Crippen LogP contribution in [0.5, 0.6) is 0 Å². The molecule has 0 saturated heterocycles. The van der Waals surface area contributed by atoms with E-state index in [0.717, 1.165) is 6.42 Å². The van der Waals surface area contributed by atoms with Gasteiger partial charge in [0.2, 0.25) is 0 Å². The summed E-state index contributed by atoms with van der Waals surface area (Å²) in [5, 5.41) is 5.91. The molecule has 1 atom stereocenters. The lowest BCUT2D eigenvalue weighted by atomic mass is 10.0. The monoisotopic (exact) mass is 235 g/mol. The first-order chi connectivity index (χ1) is 7.29. The Kier molecular flexibility index (Phi) is 4.78. The molecule has 0 radical (unpaired) electrons. The summed E-state index contributed by atoms with van der Waals surface area (Å²) in [6, 6.07) is 15.7. The highest BCUT2D eigenvalue weighted by Crippen LogP contribution is 2.16. The predicted octanol–water partition coefficient (Wildman–Crippen LogP) is 3.41. The number of benzene rings is 2. The first-order valence-corrected chi connectivity index (χ1v) is 5.44. The van der Waals surface area contributed by atoms with Crippen molar-refractivity contribution in [3.8, 4) is 0 Å². The van der Waals surface area contributed by atoms with E-state index in [1.807, 2.05) is 7.05 Å². The Morgan fingerprint density at radius 2 is 1.75 bits per heavy atom. The van der Waals surface area contributed by atoms with Gasteiger partial charge in [0, 0.05) is 6.04 Å². The van der Waals surface area contributed by atoms with E-state index in [4.69, 9.17) is 0 Å². The Morgan fingerprint density at radius 3 is 2.44 bits per heavy atom. The van der Waals surface area contributed by atoms with Crippen molar-refractivity contribution in [3.63, 3.8) is 0 Å². The smallest absolute Gasteiger partial charge is 0.00761 e. The summed E-state index contributed by atoms with van der Waals surface area (Å²) in [6.07, 6.45) is 1.08. The van der Waals surface area contributed by atoms with Crippen LogP contribution in [-0.2, 0) is 6.42 Å². The normalized spacial score (nSPS) is 12.1. The third kappa shape index (κ3) is 2.97. The van der Waals surface area contributed by atoms with Crippen LogP contribution in [0.25, 0.3) is 10.8 Å². The maximum Gasteiger partial charge on any atom is 0.00761 e. The van der Waals surface area contributed by atoms with Crippen molar-refractivity contribution < 1.29 is 0 Å². The summed E-state index contributed by atoms with van der Waals surface area (Å²) in [7, 11) is 2.01. The van der Waals surface area contributed by atoms with Crippen LogP contribution in [0.4, 0.5) is 0 Å². The zero-order chi connectivity index (χ0) is 10.7. The molecule has 2 rings (SSSR count). The molecule has 0 bridgehead atoms. The second-order valence-corrected chi connectivity index (χ2v) is 4.08. The highest BCUT2D eigenvalue weighted by atomic mass is 35.5. The van der Waals surface area contributed by atoms with Crippen LogP contribution in [0, 0.1) is 0 Å². The number of fused-ring (bicyclic) bond motifs is 1. The van der Waals surface area contributed by atoms with Gasteiger partial charge in [0.25, 0.3) is 0 Å². The molecule has 16 heavy (non-hydrogen) atoms. The molecule has 2 heteroatoms. The third-order valence-electron chi connectivity index (χ3n) is 2.85. The van der Waals surface area contributed by atoms with Gasteiger partial charge >= 0.3 is 0 Å². The Bertz CT molecular complexity index is 453. The zero-order valence-electron chi connectivity index (χ0n) is 9.73. The molecule has 1 unspecified atom stereocenters. The minimum absolute atomic E-state index is 0. The van der Waals surface area contributed by atoms with E-state index >= 15 is 0 Å². The van der Waals surface area contributed by atoms with Gasteiger partial charge in [-0.1, -0.05) is 42.5 Å². The van der Waals surface area contributed by atoms with Gasteiger partial charge < -0.3 is 5.32 Å². The van der Waals surface area contributed by atoms with Crippen LogP contribution in [0.1, 0.15) is 12.5 Å². The molecular formula is C14H18ClN. The summed E-state index contributed by atoms with van der Waals surface area (Å²) >= 11 is 0. The van der Waals surface area contributed by atoms with Crippen molar-refractivity contribution in [1.82, 2.24) is 5.32 Å². The fourth-order valence-corrected chi connectivity index (χ4v) is 1.82. The van der Waals surface area contributed by atoms with Gasteiger partial charge in [-0.05, 0) is 36.7 Å². The predicted molar refractivity (Wildman–Crippen MR) is 73.4 cm³/mol. The second kappa shape index (κ2) is 5.88. The van der Waals surface area contributed by atoms with E-state index in [1.54, 1.807) is 0 Å². The van der Waals surface area contributed by atoms with Crippen LogP contribution >= 0.6 is 12.4 Å². The van der Waals surface area contributed by atoms with E-state index in [9.17, 15) is 0 Å². The molecule has 1 nitrogen and oxygen atoms in total. The molecule has 0 amide bonds. The van der Waals surface area contributed by atoms with Gasteiger partial charge in [0.05, 0.1) is 0 Å². The topological polar surface area (TPSA) is 12.0 Å². The van der Waals surface area contributed by atoms with E-state index in [1.165, 1.54) is 16.3 Å². The van der Waals surface area contributed by atoms with E-state index < -0.39 is 0 Å². The van der Waals surface area contributed by atoms with Crippen molar-refractivity contribution in [2.75, 3.05) is 7.05 Å². The highest BCUT2D eigenvalue weighted by Gasteiger charge is 2.01. The van der Waals surface area contributed by atoms with Gasteiger partial charge in [0.15, 0.2) is 0 Å². The van der Waals surface area contributed by atoms with Crippen LogP contribution in [0.3, 0.4) is 0 Å². The van der Waals surface area contributed by atoms with Crippen LogP contribution < -0.4 is 5.32 Å². The van der Waals surface area contributed by atoms with Gasteiger partial charge in [-0.25, -0.2) is 0 Å². The first kappa shape index (κ1) is 13.0. The molecule has 0 fully saturated rings. The number of hydrogen-bond acceptors (Lipinski definition) is 1. The fraction of sp³-hybridized carbons (Fsp3) is 0.286. The molecule has 2 aromatic rings. The Balaban J connectivity index is 0.00000128. The summed E-state index contributed by atoms with van der Waals surface area (Å²) < 4.78 is 0. The molecule has 0 aliphatic heterocycles. The zero-order valence-corrected chi connectivity index (χ0v) is 10.6.